The molecule has 0 unspecified atom stereocenters. The highest BCUT2D eigenvalue weighted by Gasteiger charge is 2.22. The summed E-state index contributed by atoms with van der Waals surface area (Å²) in [5.41, 5.74) is 2.93. The Bertz CT molecular complexity index is 786. The van der Waals surface area contributed by atoms with Gasteiger partial charge in [-0.3, -0.25) is 9.59 Å². The Morgan fingerprint density at radius 2 is 2.04 bits per heavy atom. The van der Waals surface area contributed by atoms with Crippen LogP contribution in [0.1, 0.15) is 28.8 Å². The van der Waals surface area contributed by atoms with Crippen molar-refractivity contribution >= 4 is 23.2 Å². The molecule has 0 aromatic heterocycles. The summed E-state index contributed by atoms with van der Waals surface area (Å²) in [5, 5.41) is 2.88. The Morgan fingerprint density at radius 1 is 1.21 bits per heavy atom. The zero-order valence-electron chi connectivity index (χ0n) is 13.8. The molecule has 2 amide bonds. The minimum absolute atomic E-state index is 0.105. The Morgan fingerprint density at radius 3 is 2.75 bits per heavy atom. The van der Waals surface area contributed by atoms with Crippen molar-refractivity contribution in [1.82, 2.24) is 0 Å². The minimum atomic E-state index is -0.229. The average Bonchev–Trinajstić information content (AvgIpc) is 3.01. The van der Waals surface area contributed by atoms with E-state index in [1.807, 2.05) is 31.2 Å². The number of hydrogen-bond donors (Lipinski definition) is 1. The predicted molar refractivity (Wildman–Crippen MR) is 93.7 cm³/mol. The van der Waals surface area contributed by atoms with Gasteiger partial charge in [0.15, 0.2) is 0 Å². The first kappa shape index (κ1) is 16.1. The fraction of sp³-hybridized carbons (Fsp3) is 0.263. The summed E-state index contributed by atoms with van der Waals surface area (Å²) in [6.07, 6.45) is 1.42. The Balaban J connectivity index is 1.83. The summed E-state index contributed by atoms with van der Waals surface area (Å²) < 4.78 is 5.29. The average molecular weight is 324 g/mol. The van der Waals surface area contributed by atoms with Crippen molar-refractivity contribution < 1.29 is 14.3 Å². The van der Waals surface area contributed by atoms with Crippen LogP contribution in [0.3, 0.4) is 0 Å². The first-order chi connectivity index (χ1) is 11.6. The van der Waals surface area contributed by atoms with Gasteiger partial charge in [0.25, 0.3) is 5.91 Å². The first-order valence-corrected chi connectivity index (χ1v) is 7.95. The topological polar surface area (TPSA) is 58.6 Å². The number of benzene rings is 2. The van der Waals surface area contributed by atoms with Crippen LogP contribution in [0.4, 0.5) is 11.4 Å². The highest BCUT2D eigenvalue weighted by molar-refractivity contribution is 6.06. The van der Waals surface area contributed by atoms with E-state index < -0.39 is 0 Å². The number of methoxy groups -OCH3 is 1. The number of carbonyl (C=O) groups is 2. The molecule has 1 fully saturated rings. The number of ether oxygens (including phenoxy) is 1. The fourth-order valence-electron chi connectivity index (χ4n) is 2.85. The lowest BCUT2D eigenvalue weighted by Gasteiger charge is -2.17. The van der Waals surface area contributed by atoms with E-state index in [9.17, 15) is 9.59 Å². The molecule has 1 saturated heterocycles. The van der Waals surface area contributed by atoms with Crippen LogP contribution in [0.5, 0.6) is 5.75 Å². The standard InChI is InChI=1S/C19H20N2O3/c1-13-8-9-17(24-2)16(11-13)20-19(23)14-5-3-6-15(12-14)21-10-4-7-18(21)22/h3,5-6,8-9,11-12H,4,7,10H2,1-2H3,(H,20,23). The van der Waals surface area contributed by atoms with E-state index in [-0.39, 0.29) is 11.8 Å². The van der Waals surface area contributed by atoms with Gasteiger partial charge in [-0.2, -0.15) is 0 Å². The van der Waals surface area contributed by atoms with Crippen molar-refractivity contribution in [2.75, 3.05) is 23.9 Å². The lowest BCUT2D eigenvalue weighted by atomic mass is 10.1. The number of aryl methyl sites for hydroxylation is 1. The highest BCUT2D eigenvalue weighted by Crippen LogP contribution is 2.27. The molecule has 0 atom stereocenters. The van der Waals surface area contributed by atoms with Crippen molar-refractivity contribution in [2.45, 2.75) is 19.8 Å². The molecule has 0 spiro atoms. The van der Waals surface area contributed by atoms with Gasteiger partial charge in [0.2, 0.25) is 5.91 Å². The van der Waals surface area contributed by atoms with Crippen molar-refractivity contribution in [2.24, 2.45) is 0 Å². The molecular weight excluding hydrogens is 304 g/mol. The van der Waals surface area contributed by atoms with E-state index in [1.165, 1.54) is 0 Å². The number of rotatable bonds is 4. The van der Waals surface area contributed by atoms with Gasteiger partial charge >= 0.3 is 0 Å². The second kappa shape index (κ2) is 6.74. The van der Waals surface area contributed by atoms with E-state index in [0.29, 0.717) is 30.0 Å². The summed E-state index contributed by atoms with van der Waals surface area (Å²) in [6, 6.07) is 12.8. The molecule has 124 valence electrons. The second-order valence-electron chi connectivity index (χ2n) is 5.86. The number of carbonyl (C=O) groups excluding carboxylic acids is 2. The maximum atomic E-state index is 12.6. The maximum absolute atomic E-state index is 12.6. The minimum Gasteiger partial charge on any atom is -0.495 e. The highest BCUT2D eigenvalue weighted by atomic mass is 16.5. The molecule has 1 N–H and O–H groups in total. The second-order valence-corrected chi connectivity index (χ2v) is 5.86. The molecule has 3 rings (SSSR count). The third-order valence-electron chi connectivity index (χ3n) is 4.10. The fourth-order valence-corrected chi connectivity index (χ4v) is 2.85. The number of nitrogens with zero attached hydrogens (tertiary/aromatic N) is 1. The number of hydrogen-bond acceptors (Lipinski definition) is 3. The molecule has 1 heterocycles. The van der Waals surface area contributed by atoms with E-state index in [0.717, 1.165) is 17.7 Å². The predicted octanol–water partition coefficient (Wildman–Crippen LogP) is 3.38. The van der Waals surface area contributed by atoms with E-state index in [4.69, 9.17) is 4.74 Å². The van der Waals surface area contributed by atoms with Crippen LogP contribution >= 0.6 is 0 Å². The normalized spacial score (nSPS) is 13.9. The largest absolute Gasteiger partial charge is 0.495 e. The van der Waals surface area contributed by atoms with Crippen LogP contribution in [0.25, 0.3) is 0 Å². The smallest absolute Gasteiger partial charge is 0.255 e. The zero-order chi connectivity index (χ0) is 17.1. The van der Waals surface area contributed by atoms with Gasteiger partial charge < -0.3 is 15.0 Å². The molecule has 0 bridgehead atoms. The van der Waals surface area contributed by atoms with Gasteiger partial charge in [0, 0.05) is 24.2 Å². The van der Waals surface area contributed by atoms with Crippen LogP contribution in [-0.2, 0) is 4.79 Å². The summed E-state index contributed by atoms with van der Waals surface area (Å²) >= 11 is 0. The van der Waals surface area contributed by atoms with E-state index in [1.54, 1.807) is 30.2 Å². The molecule has 1 aliphatic heterocycles. The molecule has 5 heteroatoms. The summed E-state index contributed by atoms with van der Waals surface area (Å²) in [4.78, 5) is 26.2. The van der Waals surface area contributed by atoms with Gasteiger partial charge in [-0.15, -0.1) is 0 Å². The van der Waals surface area contributed by atoms with Gasteiger partial charge in [0.1, 0.15) is 5.75 Å². The third kappa shape index (κ3) is 3.25. The van der Waals surface area contributed by atoms with Gasteiger partial charge in [-0.05, 0) is 49.2 Å². The molecule has 0 aliphatic carbocycles. The third-order valence-corrected chi connectivity index (χ3v) is 4.10. The van der Waals surface area contributed by atoms with Crippen molar-refractivity contribution in [3.8, 4) is 5.75 Å². The van der Waals surface area contributed by atoms with Crippen LogP contribution < -0.4 is 15.0 Å². The number of nitrogens with one attached hydrogen (secondary N) is 1. The van der Waals surface area contributed by atoms with Gasteiger partial charge in [-0.25, -0.2) is 0 Å². The van der Waals surface area contributed by atoms with E-state index in [2.05, 4.69) is 5.32 Å². The number of anilines is 2. The molecule has 24 heavy (non-hydrogen) atoms. The van der Waals surface area contributed by atoms with Gasteiger partial charge in [0.05, 0.1) is 12.8 Å². The Labute approximate surface area is 141 Å². The quantitative estimate of drug-likeness (QED) is 0.938. The van der Waals surface area contributed by atoms with Crippen LogP contribution in [0.2, 0.25) is 0 Å². The lowest BCUT2D eigenvalue weighted by molar-refractivity contribution is -0.117. The van der Waals surface area contributed by atoms with Crippen LogP contribution in [0, 0.1) is 6.92 Å². The molecule has 0 saturated carbocycles. The monoisotopic (exact) mass is 324 g/mol. The molecular formula is C19H20N2O3. The molecule has 2 aromatic rings. The van der Waals surface area contributed by atoms with Gasteiger partial charge in [-0.1, -0.05) is 12.1 Å². The first-order valence-electron chi connectivity index (χ1n) is 7.95. The van der Waals surface area contributed by atoms with E-state index >= 15 is 0 Å². The summed E-state index contributed by atoms with van der Waals surface area (Å²) in [6.45, 7) is 2.66. The summed E-state index contributed by atoms with van der Waals surface area (Å²) in [5.74, 6) is 0.486. The zero-order valence-corrected chi connectivity index (χ0v) is 13.8. The van der Waals surface area contributed by atoms with Crippen LogP contribution in [0.15, 0.2) is 42.5 Å². The van der Waals surface area contributed by atoms with Crippen molar-refractivity contribution in [3.63, 3.8) is 0 Å². The number of amides is 2. The van der Waals surface area contributed by atoms with Crippen molar-refractivity contribution in [1.29, 1.82) is 0 Å². The Kier molecular flexibility index (Phi) is 4.51. The molecule has 2 aromatic carbocycles. The molecule has 1 aliphatic rings. The van der Waals surface area contributed by atoms with Crippen LogP contribution in [-0.4, -0.2) is 25.5 Å². The molecule has 5 nitrogen and oxygen atoms in total. The molecule has 0 radical (unpaired) electrons. The Hall–Kier alpha value is -2.82. The maximum Gasteiger partial charge on any atom is 0.255 e. The lowest BCUT2D eigenvalue weighted by Crippen LogP contribution is -2.24. The summed E-state index contributed by atoms with van der Waals surface area (Å²) in [7, 11) is 1.57. The van der Waals surface area contributed by atoms with Crippen molar-refractivity contribution in [3.05, 3.63) is 53.6 Å². The SMILES string of the molecule is COc1ccc(C)cc1NC(=O)c1cccc(N2CCCC2=O)c1.